The fraction of sp³-hybridized carbons (Fsp3) is 0.882. The Morgan fingerprint density at radius 2 is 1.84 bits per heavy atom. The summed E-state index contributed by atoms with van der Waals surface area (Å²) >= 11 is 0. The second-order valence-corrected chi connectivity index (χ2v) is 14.7. The first kappa shape index (κ1) is 38.0. The minimum Gasteiger partial charge on any atom is -0.463 e. The Morgan fingerprint density at radius 3 is 2.47 bits per heavy atom. The molecular weight excluding hydrogens is 578 g/mol. The number of ether oxygens (including phenoxy) is 4. The predicted octanol–water partition coefficient (Wildman–Crippen LogP) is 2.33. The maximum Gasteiger partial charge on any atom is 0.319 e. The molecule has 45 heavy (non-hydrogen) atoms. The molecule has 0 radical (unpaired) electrons. The largest absolute Gasteiger partial charge is 0.463 e. The van der Waals surface area contributed by atoms with Crippen LogP contribution in [-0.4, -0.2) is 146 Å². The first-order chi connectivity index (χ1) is 21.0. The number of methoxy groups -OCH3 is 1. The molecular formula is C34H61N3O8. The summed E-state index contributed by atoms with van der Waals surface area (Å²) in [4.78, 5) is 34.1. The highest BCUT2D eigenvalue weighted by Gasteiger charge is 2.51. The molecule has 0 aromatic heterocycles. The van der Waals surface area contributed by atoms with Crippen molar-refractivity contribution >= 4 is 11.8 Å². The molecule has 0 saturated carbocycles. The first-order valence-corrected chi connectivity index (χ1v) is 16.7. The molecule has 0 aromatic rings. The molecule has 260 valence electrons. The van der Waals surface area contributed by atoms with Crippen LogP contribution in [0.3, 0.4) is 0 Å². The smallest absolute Gasteiger partial charge is 0.319 e. The number of hydrogen-bond donors (Lipinski definition) is 2. The molecule has 3 heterocycles. The average Bonchev–Trinajstić information content (AvgIpc) is 3.44. The van der Waals surface area contributed by atoms with Crippen LogP contribution in [0.5, 0.6) is 0 Å². The van der Waals surface area contributed by atoms with Crippen LogP contribution in [0.4, 0.5) is 0 Å². The van der Waals surface area contributed by atoms with Crippen molar-refractivity contribution in [1.29, 1.82) is 0 Å². The molecule has 3 aliphatic rings. The van der Waals surface area contributed by atoms with Crippen LogP contribution in [0.15, 0.2) is 12.2 Å². The molecule has 11 nitrogen and oxygen atoms in total. The number of likely N-dealkylation sites (tertiary alicyclic amines) is 1. The number of aliphatic hydroxyl groups is 2. The third kappa shape index (κ3) is 9.13. The highest BCUT2D eigenvalue weighted by Crippen LogP contribution is 2.38. The number of esters is 1. The van der Waals surface area contributed by atoms with Crippen LogP contribution in [0.2, 0.25) is 0 Å². The van der Waals surface area contributed by atoms with Gasteiger partial charge in [-0.15, -0.1) is 0 Å². The number of nitrogens with zero attached hydrogens (tertiary/aromatic N) is 3. The summed E-state index contributed by atoms with van der Waals surface area (Å²) in [6, 6.07) is -0.206. The molecule has 0 aliphatic carbocycles. The number of aliphatic hydroxyl groups excluding tert-OH is 2. The average molecular weight is 640 g/mol. The molecule has 2 N–H and O–H groups in total. The van der Waals surface area contributed by atoms with Gasteiger partial charge < -0.3 is 34.1 Å². The van der Waals surface area contributed by atoms with Gasteiger partial charge in [-0.2, -0.15) is 0 Å². The lowest BCUT2D eigenvalue weighted by Gasteiger charge is -2.47. The number of likely N-dealkylation sites (N-methyl/N-ethyl adjacent to an activating group) is 2. The Morgan fingerprint density at radius 1 is 1.16 bits per heavy atom. The summed E-state index contributed by atoms with van der Waals surface area (Å²) < 4.78 is 24.8. The van der Waals surface area contributed by atoms with E-state index in [-0.39, 0.29) is 49.1 Å². The lowest BCUT2D eigenvalue weighted by molar-refractivity contribution is -0.295. The lowest BCUT2D eigenvalue weighted by atomic mass is 9.74. The Kier molecular flexibility index (Phi) is 13.6. The minimum atomic E-state index is -1.45. The third-order valence-electron chi connectivity index (χ3n) is 10.3. The number of Topliss-reactive ketones (excluding diaryl/α,β-unsaturated/α-hetero) is 1. The van der Waals surface area contributed by atoms with Crippen molar-refractivity contribution in [3.05, 3.63) is 12.2 Å². The normalized spacial score (nSPS) is 39.9. The molecule has 4 unspecified atom stereocenters. The lowest BCUT2D eigenvalue weighted by Crippen LogP contribution is -2.59. The van der Waals surface area contributed by atoms with Crippen molar-refractivity contribution in [2.24, 2.45) is 17.3 Å². The van der Waals surface area contributed by atoms with Crippen LogP contribution in [-0.2, 0) is 28.5 Å². The van der Waals surface area contributed by atoms with E-state index in [0.29, 0.717) is 25.9 Å². The summed E-state index contributed by atoms with van der Waals surface area (Å²) in [6.07, 6.45) is 4.53. The number of ketones is 1. The fourth-order valence-corrected chi connectivity index (χ4v) is 7.46. The van der Waals surface area contributed by atoms with Crippen LogP contribution in [0.25, 0.3) is 0 Å². The zero-order chi connectivity index (χ0) is 33.7. The molecule has 3 rings (SSSR count). The van der Waals surface area contributed by atoms with Crippen LogP contribution >= 0.6 is 0 Å². The molecule has 0 bridgehead atoms. The second-order valence-electron chi connectivity index (χ2n) is 14.7. The van der Waals surface area contributed by atoms with E-state index in [2.05, 4.69) is 28.9 Å². The Bertz CT molecular complexity index is 1010. The van der Waals surface area contributed by atoms with Crippen molar-refractivity contribution in [2.45, 2.75) is 116 Å². The summed E-state index contributed by atoms with van der Waals surface area (Å²) in [7, 11) is 7.46. The minimum absolute atomic E-state index is 0.108. The monoisotopic (exact) mass is 639 g/mol. The molecule has 0 aromatic carbocycles. The zero-order valence-electron chi connectivity index (χ0n) is 29.4. The van der Waals surface area contributed by atoms with Crippen LogP contribution in [0, 0.1) is 17.3 Å². The van der Waals surface area contributed by atoms with Crippen LogP contribution < -0.4 is 0 Å². The van der Waals surface area contributed by atoms with E-state index < -0.39 is 41.4 Å². The number of cyclic esters (lactones) is 1. The van der Waals surface area contributed by atoms with Gasteiger partial charge in [0.2, 0.25) is 0 Å². The Balaban J connectivity index is 1.92. The van der Waals surface area contributed by atoms with Crippen molar-refractivity contribution in [3.8, 4) is 0 Å². The van der Waals surface area contributed by atoms with Crippen molar-refractivity contribution in [1.82, 2.24) is 14.7 Å². The Hall–Kier alpha value is -1.44. The highest BCUT2D eigenvalue weighted by molar-refractivity contribution is 6.04. The maximum atomic E-state index is 14.2. The number of carbonyl (C=O) groups is 2. The summed E-state index contributed by atoms with van der Waals surface area (Å²) in [6.45, 7) is 13.6. The number of rotatable bonds is 8. The van der Waals surface area contributed by atoms with Gasteiger partial charge in [-0.3, -0.25) is 19.4 Å². The van der Waals surface area contributed by atoms with Gasteiger partial charge in [0.25, 0.3) is 0 Å². The molecule has 3 saturated heterocycles. The Labute approximate surface area is 271 Å². The van der Waals surface area contributed by atoms with Gasteiger partial charge in [-0.05, 0) is 87.0 Å². The van der Waals surface area contributed by atoms with Gasteiger partial charge in [0, 0.05) is 38.2 Å². The van der Waals surface area contributed by atoms with Gasteiger partial charge >= 0.3 is 5.97 Å². The van der Waals surface area contributed by atoms with Gasteiger partial charge in [0.1, 0.15) is 18.1 Å². The summed E-state index contributed by atoms with van der Waals surface area (Å²) in [5.41, 5.74) is -2.39. The molecule has 10 atom stereocenters. The quantitative estimate of drug-likeness (QED) is 0.231. The molecule has 0 amide bonds. The van der Waals surface area contributed by atoms with Crippen molar-refractivity contribution in [3.63, 3.8) is 0 Å². The van der Waals surface area contributed by atoms with Gasteiger partial charge in [0.15, 0.2) is 12.1 Å². The molecule has 3 fully saturated rings. The standard InChI is InChI=1S/C34H61N3O8/c1-22-18-34(6,42-10)30(45-31-28(39)27(35(7)8)17-23(2)44-31)24(3)29(40)33(4,5)32(41)43-21-26(36(9)19-22)14-12-16-37-15-11-13-25(37)20-38/h12,14,22-28,30-31,38-39H,11,13,15-21H2,1-10H3/b14-12+/t22-,23?,24+,25-,26+,27?,28?,30-,31?,34-/m1/s1. The zero-order valence-corrected chi connectivity index (χ0v) is 29.4. The van der Waals surface area contributed by atoms with E-state index in [9.17, 15) is 19.8 Å². The third-order valence-corrected chi connectivity index (χ3v) is 10.3. The fourth-order valence-electron chi connectivity index (χ4n) is 7.46. The van der Waals surface area contributed by atoms with E-state index in [1.807, 2.05) is 39.9 Å². The number of carbonyl (C=O) groups excluding carboxylic acids is 2. The predicted molar refractivity (Wildman–Crippen MR) is 173 cm³/mol. The van der Waals surface area contributed by atoms with E-state index in [4.69, 9.17) is 18.9 Å². The summed E-state index contributed by atoms with van der Waals surface area (Å²) in [5.74, 6) is -1.58. The second kappa shape index (κ2) is 16.1. The highest BCUT2D eigenvalue weighted by atomic mass is 16.7. The van der Waals surface area contributed by atoms with Crippen LogP contribution in [0.1, 0.15) is 67.2 Å². The molecule has 11 heteroatoms. The van der Waals surface area contributed by atoms with Gasteiger partial charge in [0.05, 0.1) is 30.5 Å². The van der Waals surface area contributed by atoms with Gasteiger partial charge in [-0.1, -0.05) is 26.0 Å². The van der Waals surface area contributed by atoms with E-state index in [0.717, 1.165) is 19.4 Å². The van der Waals surface area contributed by atoms with E-state index in [1.165, 1.54) is 0 Å². The topological polar surface area (TPSA) is 121 Å². The van der Waals surface area contributed by atoms with E-state index in [1.54, 1.807) is 27.9 Å². The number of hydrogen-bond acceptors (Lipinski definition) is 11. The SMILES string of the molecule is CO[C@]1(C)C[C@@H](C)CN(C)[C@@H](/C=C/CN2CCC[C@@H]2CO)COC(=O)C(C)(C)C(=O)[C@H](C)[C@H]1OC1OC(C)CC(N(C)C)C1O. The van der Waals surface area contributed by atoms with Crippen molar-refractivity contribution in [2.75, 3.05) is 61.1 Å². The van der Waals surface area contributed by atoms with Crippen molar-refractivity contribution < 1.29 is 38.7 Å². The summed E-state index contributed by atoms with van der Waals surface area (Å²) in [5, 5.41) is 21.0. The molecule has 0 spiro atoms. The molecule has 3 aliphatic heterocycles. The maximum absolute atomic E-state index is 14.2. The van der Waals surface area contributed by atoms with E-state index >= 15 is 0 Å². The van der Waals surface area contributed by atoms with Gasteiger partial charge in [-0.25, -0.2) is 0 Å². The first-order valence-electron chi connectivity index (χ1n) is 16.7.